The molecule has 0 saturated carbocycles. The van der Waals surface area contributed by atoms with Gasteiger partial charge in [-0.3, -0.25) is 0 Å². The minimum atomic E-state index is 1.23. The van der Waals surface area contributed by atoms with Crippen molar-refractivity contribution in [3.05, 3.63) is 18.2 Å². The largest absolute Gasteiger partial charge is 0.256 e. The lowest BCUT2D eigenvalue weighted by Crippen LogP contribution is -2.37. The topological polar surface area (TPSA) is 8.81 Å². The summed E-state index contributed by atoms with van der Waals surface area (Å²) in [6.45, 7) is 9.41. The second-order valence-corrected chi connectivity index (χ2v) is 15.9. The van der Waals surface area contributed by atoms with E-state index in [-0.39, 0.29) is 0 Å². The summed E-state index contributed by atoms with van der Waals surface area (Å²) in [6, 6.07) is 0. The van der Waals surface area contributed by atoms with Crippen molar-refractivity contribution < 1.29 is 4.57 Å². The molecule has 1 heterocycles. The highest BCUT2D eigenvalue weighted by atomic mass is 15.1. The Morgan fingerprint density at radius 3 is 1.00 bits per heavy atom. The number of aromatic nitrogens is 2. The molecule has 2 nitrogen and oxygen atoms in total. The van der Waals surface area contributed by atoms with E-state index in [1.54, 1.807) is 5.82 Å². The van der Waals surface area contributed by atoms with Gasteiger partial charge >= 0.3 is 0 Å². The summed E-state index contributed by atoms with van der Waals surface area (Å²) in [5.74, 6) is 1.63. The maximum atomic E-state index is 2.65. The van der Waals surface area contributed by atoms with Crippen LogP contribution < -0.4 is 4.57 Å². The molecule has 1 aromatic rings. The van der Waals surface area contributed by atoms with Crippen molar-refractivity contribution in [1.82, 2.24) is 4.57 Å². The normalized spacial score (nSPS) is 11.6. The zero-order chi connectivity index (χ0) is 34.4. The van der Waals surface area contributed by atoms with Crippen LogP contribution in [-0.2, 0) is 19.5 Å². The quantitative estimate of drug-likeness (QED) is 0.0485. The molecule has 1 rings (SSSR count). The highest BCUT2D eigenvalue weighted by Gasteiger charge is 2.16. The van der Waals surface area contributed by atoms with Crippen LogP contribution in [0.5, 0.6) is 0 Å². The predicted molar refractivity (Wildman–Crippen MR) is 216 cm³/mol. The first kappa shape index (κ1) is 45.2. The molecule has 48 heavy (non-hydrogen) atoms. The van der Waals surface area contributed by atoms with Gasteiger partial charge in [-0.25, -0.2) is 9.13 Å². The summed E-state index contributed by atoms with van der Waals surface area (Å²) in [6.07, 6.45) is 59.3. The Balaban J connectivity index is 2.26. The van der Waals surface area contributed by atoms with Crippen LogP contribution in [0.15, 0.2) is 12.4 Å². The van der Waals surface area contributed by atoms with Crippen LogP contribution in [0, 0.1) is 0 Å². The fraction of sp³-hybridized carbons (Fsp3) is 0.935. The maximum Gasteiger partial charge on any atom is 0.256 e. The van der Waals surface area contributed by atoms with E-state index in [0.717, 1.165) is 0 Å². The molecule has 0 aliphatic rings. The Kier molecular flexibility index (Phi) is 35.3. The lowest BCUT2D eigenvalue weighted by molar-refractivity contribution is -0.704. The van der Waals surface area contributed by atoms with Gasteiger partial charge in [-0.2, -0.15) is 0 Å². The summed E-state index contributed by atoms with van der Waals surface area (Å²) in [5.41, 5.74) is 0. The van der Waals surface area contributed by atoms with Crippen molar-refractivity contribution in [2.45, 2.75) is 278 Å². The molecule has 0 radical (unpaired) electrons. The predicted octanol–water partition coefficient (Wildman–Crippen LogP) is 15.8. The highest BCUT2D eigenvalue weighted by molar-refractivity contribution is 4.84. The molecule has 0 atom stereocenters. The number of aryl methyl sites for hydroxylation is 2. The number of hydrogen-bond acceptors (Lipinski definition) is 0. The third-order valence-corrected chi connectivity index (χ3v) is 11.1. The van der Waals surface area contributed by atoms with Gasteiger partial charge in [0.2, 0.25) is 0 Å². The van der Waals surface area contributed by atoms with Gasteiger partial charge in [0.05, 0.1) is 13.1 Å². The first-order valence-electron chi connectivity index (χ1n) is 22.9. The summed E-state index contributed by atoms with van der Waals surface area (Å²) >= 11 is 0. The molecule has 2 heteroatoms. The van der Waals surface area contributed by atoms with Gasteiger partial charge in [-0.1, -0.05) is 226 Å². The zero-order valence-electron chi connectivity index (χ0n) is 33.8. The van der Waals surface area contributed by atoms with E-state index in [1.165, 1.54) is 257 Å². The van der Waals surface area contributed by atoms with Crippen molar-refractivity contribution in [2.24, 2.45) is 0 Å². The smallest absolute Gasteiger partial charge is 0.234 e. The van der Waals surface area contributed by atoms with Gasteiger partial charge in [0.25, 0.3) is 5.82 Å². The van der Waals surface area contributed by atoms with Gasteiger partial charge in [-0.05, 0) is 32.1 Å². The molecule has 0 amide bonds. The summed E-state index contributed by atoms with van der Waals surface area (Å²) in [5, 5.41) is 0. The second-order valence-electron chi connectivity index (χ2n) is 15.9. The first-order chi connectivity index (χ1) is 23.8. The molecule has 0 N–H and O–H groups in total. The Morgan fingerprint density at radius 2 is 0.646 bits per heavy atom. The fourth-order valence-electron chi connectivity index (χ4n) is 7.74. The van der Waals surface area contributed by atoms with Crippen LogP contribution in [-0.4, -0.2) is 4.57 Å². The van der Waals surface area contributed by atoms with Crippen LogP contribution in [0.4, 0.5) is 0 Å². The van der Waals surface area contributed by atoms with E-state index >= 15 is 0 Å². The third kappa shape index (κ3) is 29.0. The van der Waals surface area contributed by atoms with Gasteiger partial charge in [0.15, 0.2) is 0 Å². The number of rotatable bonds is 40. The van der Waals surface area contributed by atoms with Crippen molar-refractivity contribution >= 4 is 0 Å². The average Bonchev–Trinajstić information content (AvgIpc) is 3.48. The maximum absolute atomic E-state index is 2.65. The van der Waals surface area contributed by atoms with Crippen LogP contribution in [0.1, 0.15) is 264 Å². The summed E-state index contributed by atoms with van der Waals surface area (Å²) in [4.78, 5) is 0. The lowest BCUT2D eigenvalue weighted by atomic mass is 10.0. The average molecular weight is 672 g/mol. The van der Waals surface area contributed by atoms with Crippen molar-refractivity contribution in [2.75, 3.05) is 0 Å². The fourth-order valence-corrected chi connectivity index (χ4v) is 7.74. The van der Waals surface area contributed by atoms with E-state index < -0.39 is 0 Å². The standard InChI is InChI=1S/C46H91N2/c1-4-7-10-13-16-19-22-23-24-25-28-31-34-37-40-43-48-45-44-47(42-39-36-33-30-27-21-18-15-12-9-6-3)46(48)41-38-35-32-29-26-20-17-14-11-8-5-2/h44-45H,4-43H2,1-3H3/q+1. The minimum absolute atomic E-state index is 1.23. The number of imidazole rings is 1. The molecule has 0 aromatic carbocycles. The molecule has 0 unspecified atom stereocenters. The molecular weight excluding hydrogens is 581 g/mol. The van der Waals surface area contributed by atoms with Gasteiger partial charge in [-0.15, -0.1) is 0 Å². The molecule has 1 aromatic heterocycles. The van der Waals surface area contributed by atoms with E-state index in [9.17, 15) is 0 Å². The Hall–Kier alpha value is -0.790. The van der Waals surface area contributed by atoms with Gasteiger partial charge < -0.3 is 0 Å². The van der Waals surface area contributed by atoms with E-state index in [1.807, 2.05) is 0 Å². The van der Waals surface area contributed by atoms with Crippen molar-refractivity contribution in [3.8, 4) is 0 Å². The molecule has 0 bridgehead atoms. The van der Waals surface area contributed by atoms with E-state index in [4.69, 9.17) is 0 Å². The Labute approximate surface area is 304 Å². The first-order valence-corrected chi connectivity index (χ1v) is 22.9. The molecule has 0 aliphatic carbocycles. The van der Waals surface area contributed by atoms with Gasteiger partial charge in [0, 0.05) is 6.42 Å². The van der Waals surface area contributed by atoms with Crippen molar-refractivity contribution in [1.29, 1.82) is 0 Å². The Morgan fingerprint density at radius 1 is 0.354 bits per heavy atom. The van der Waals surface area contributed by atoms with Crippen LogP contribution in [0.2, 0.25) is 0 Å². The number of unbranched alkanes of at least 4 members (excludes halogenated alkanes) is 34. The second kappa shape index (κ2) is 37.5. The molecule has 0 spiro atoms. The molecule has 0 saturated heterocycles. The Bertz CT molecular complexity index is 736. The van der Waals surface area contributed by atoms with E-state index in [0.29, 0.717) is 0 Å². The van der Waals surface area contributed by atoms with Gasteiger partial charge in [0.1, 0.15) is 12.4 Å². The SMILES string of the molecule is CCCCCCCCCCCCCCCCCn1cc[n+](CCCCCCCCCCCCC)c1CCCCCCCCCCCCC. The van der Waals surface area contributed by atoms with Crippen LogP contribution in [0.3, 0.4) is 0 Å². The van der Waals surface area contributed by atoms with E-state index in [2.05, 4.69) is 42.3 Å². The number of hydrogen-bond donors (Lipinski definition) is 0. The van der Waals surface area contributed by atoms with Crippen molar-refractivity contribution in [3.63, 3.8) is 0 Å². The molecular formula is C46H91N2+. The van der Waals surface area contributed by atoms with Crippen LogP contribution >= 0.6 is 0 Å². The monoisotopic (exact) mass is 672 g/mol. The highest BCUT2D eigenvalue weighted by Crippen LogP contribution is 2.16. The lowest BCUT2D eigenvalue weighted by Gasteiger charge is -2.07. The summed E-state index contributed by atoms with van der Waals surface area (Å²) < 4.78 is 5.30. The molecule has 0 fully saturated rings. The molecule has 284 valence electrons. The number of nitrogens with zero attached hydrogens (tertiary/aromatic N) is 2. The van der Waals surface area contributed by atoms with Crippen LogP contribution in [0.25, 0.3) is 0 Å². The third-order valence-electron chi connectivity index (χ3n) is 11.1. The zero-order valence-corrected chi connectivity index (χ0v) is 33.8. The molecule has 0 aliphatic heterocycles. The minimum Gasteiger partial charge on any atom is -0.234 e. The summed E-state index contributed by atoms with van der Waals surface area (Å²) in [7, 11) is 0.